The summed E-state index contributed by atoms with van der Waals surface area (Å²) < 4.78 is 3.44. The Bertz CT molecular complexity index is 1430. The van der Waals surface area contributed by atoms with E-state index < -0.39 is 5.60 Å². The van der Waals surface area contributed by atoms with E-state index in [0.29, 0.717) is 41.0 Å². The van der Waals surface area contributed by atoms with Crippen LogP contribution in [0.5, 0.6) is 0 Å². The molecular formula is C29H39N7O2. The number of rotatable bonds is 11. The standard InChI is InChI=1S/C29H39N7O2/c1-20(2)9-8-17-35-27(37)23-19-30-28(31-22-14-12-21(13-15-22)16-18-34(5)6)33-26(23)36(35)25-11-7-10-24(32-25)29(3,4)38/h7,10-15,19-20,38H,8-9,16-18H2,1-6H3,(H,30,31,33). The van der Waals surface area contributed by atoms with E-state index in [-0.39, 0.29) is 5.56 Å². The van der Waals surface area contributed by atoms with Crippen LogP contribution in [0.3, 0.4) is 0 Å². The van der Waals surface area contributed by atoms with Crippen molar-refractivity contribution in [3.63, 3.8) is 0 Å². The number of hydrogen-bond acceptors (Lipinski definition) is 7. The predicted octanol–water partition coefficient (Wildman–Crippen LogP) is 4.49. The number of aromatic nitrogens is 5. The van der Waals surface area contributed by atoms with Crippen molar-refractivity contribution in [2.75, 3.05) is 26.0 Å². The molecule has 1 aromatic carbocycles. The van der Waals surface area contributed by atoms with Gasteiger partial charge in [0, 0.05) is 25.0 Å². The molecule has 0 aliphatic rings. The van der Waals surface area contributed by atoms with E-state index >= 15 is 0 Å². The SMILES string of the molecule is CC(C)CCCn1c(=O)c2cnc(Nc3ccc(CCN(C)C)cc3)nc2n1-c1cccc(C(C)(C)O)n1. The maximum absolute atomic E-state index is 13.5. The Morgan fingerprint density at radius 1 is 1.08 bits per heavy atom. The largest absolute Gasteiger partial charge is 0.384 e. The molecule has 2 N–H and O–H groups in total. The summed E-state index contributed by atoms with van der Waals surface area (Å²) >= 11 is 0. The van der Waals surface area contributed by atoms with Crippen LogP contribution in [0.2, 0.25) is 0 Å². The fourth-order valence-corrected chi connectivity index (χ4v) is 4.29. The van der Waals surface area contributed by atoms with Crippen LogP contribution < -0.4 is 10.9 Å². The molecule has 0 saturated heterocycles. The smallest absolute Gasteiger partial charge is 0.278 e. The van der Waals surface area contributed by atoms with Crippen LogP contribution in [0.1, 0.15) is 51.8 Å². The summed E-state index contributed by atoms with van der Waals surface area (Å²) in [6, 6.07) is 13.7. The van der Waals surface area contributed by atoms with Gasteiger partial charge in [-0.05, 0) is 83.0 Å². The quantitative estimate of drug-likeness (QED) is 0.302. The summed E-state index contributed by atoms with van der Waals surface area (Å²) in [6.07, 6.45) is 4.39. The lowest BCUT2D eigenvalue weighted by atomic mass is 10.1. The van der Waals surface area contributed by atoms with Crippen LogP contribution in [-0.2, 0) is 18.6 Å². The Labute approximate surface area is 224 Å². The highest BCUT2D eigenvalue weighted by molar-refractivity contribution is 5.77. The predicted molar refractivity (Wildman–Crippen MR) is 152 cm³/mol. The molecule has 4 aromatic rings. The molecule has 0 amide bonds. The highest BCUT2D eigenvalue weighted by atomic mass is 16.3. The molecule has 0 aliphatic carbocycles. The average Bonchev–Trinajstić information content (AvgIpc) is 3.13. The summed E-state index contributed by atoms with van der Waals surface area (Å²) in [5, 5.41) is 14.3. The van der Waals surface area contributed by atoms with Crippen LogP contribution in [-0.4, -0.2) is 55.0 Å². The van der Waals surface area contributed by atoms with Crippen molar-refractivity contribution in [3.8, 4) is 5.82 Å². The van der Waals surface area contributed by atoms with Crippen LogP contribution in [0.4, 0.5) is 11.6 Å². The van der Waals surface area contributed by atoms with Crippen molar-refractivity contribution >= 4 is 22.7 Å². The van der Waals surface area contributed by atoms with E-state index in [1.165, 1.54) is 5.56 Å². The van der Waals surface area contributed by atoms with Gasteiger partial charge in [0.15, 0.2) is 11.5 Å². The molecule has 0 radical (unpaired) electrons. The highest BCUT2D eigenvalue weighted by Gasteiger charge is 2.22. The third-order valence-electron chi connectivity index (χ3n) is 6.46. The minimum Gasteiger partial charge on any atom is -0.384 e. The van der Waals surface area contributed by atoms with Crippen molar-refractivity contribution in [1.82, 2.24) is 29.2 Å². The Morgan fingerprint density at radius 3 is 2.47 bits per heavy atom. The van der Waals surface area contributed by atoms with Crippen molar-refractivity contribution in [2.24, 2.45) is 5.92 Å². The summed E-state index contributed by atoms with van der Waals surface area (Å²) in [4.78, 5) is 29.5. The molecule has 0 aliphatic heterocycles. The van der Waals surface area contributed by atoms with Gasteiger partial charge in [-0.25, -0.2) is 19.3 Å². The summed E-state index contributed by atoms with van der Waals surface area (Å²) in [5.41, 5.74) is 1.83. The zero-order valence-electron chi connectivity index (χ0n) is 23.3. The van der Waals surface area contributed by atoms with Gasteiger partial charge in [0.2, 0.25) is 5.95 Å². The first-order valence-electron chi connectivity index (χ1n) is 13.2. The van der Waals surface area contributed by atoms with Crippen molar-refractivity contribution in [2.45, 2.75) is 59.1 Å². The van der Waals surface area contributed by atoms with Crippen LogP contribution >= 0.6 is 0 Å². The molecule has 3 heterocycles. The molecule has 9 nitrogen and oxygen atoms in total. The Hall–Kier alpha value is -3.56. The van der Waals surface area contributed by atoms with Gasteiger partial charge in [-0.2, -0.15) is 4.98 Å². The Balaban J connectivity index is 1.74. The first-order valence-corrected chi connectivity index (χ1v) is 13.2. The van der Waals surface area contributed by atoms with Crippen molar-refractivity contribution in [3.05, 3.63) is 70.3 Å². The average molecular weight is 518 g/mol. The molecule has 0 unspecified atom stereocenters. The number of hydrogen-bond donors (Lipinski definition) is 2. The number of aliphatic hydroxyl groups is 1. The molecule has 38 heavy (non-hydrogen) atoms. The first-order chi connectivity index (χ1) is 18.0. The van der Waals surface area contributed by atoms with Gasteiger partial charge in [0.25, 0.3) is 5.56 Å². The molecule has 4 rings (SSSR count). The summed E-state index contributed by atoms with van der Waals surface area (Å²) in [7, 11) is 4.13. The van der Waals surface area contributed by atoms with Crippen molar-refractivity contribution in [1.29, 1.82) is 0 Å². The molecule has 3 aromatic heterocycles. The molecule has 0 bridgehead atoms. The third-order valence-corrected chi connectivity index (χ3v) is 6.46. The first kappa shape index (κ1) is 27.5. The summed E-state index contributed by atoms with van der Waals surface area (Å²) in [5.74, 6) is 1.45. The third kappa shape index (κ3) is 6.46. The van der Waals surface area contributed by atoms with Gasteiger partial charge in [-0.3, -0.25) is 4.79 Å². The van der Waals surface area contributed by atoms with Gasteiger partial charge in [0.05, 0.1) is 5.69 Å². The number of fused-ring (bicyclic) bond motifs is 1. The summed E-state index contributed by atoms with van der Waals surface area (Å²) in [6.45, 7) is 9.24. The maximum Gasteiger partial charge on any atom is 0.278 e. The minimum absolute atomic E-state index is 0.156. The lowest BCUT2D eigenvalue weighted by Gasteiger charge is -2.18. The van der Waals surface area contributed by atoms with E-state index in [1.807, 2.05) is 24.3 Å². The number of anilines is 2. The fourth-order valence-electron chi connectivity index (χ4n) is 4.29. The second-order valence-electron chi connectivity index (χ2n) is 11.0. The molecular weight excluding hydrogens is 478 g/mol. The topological polar surface area (TPSA) is 101 Å². The lowest BCUT2D eigenvalue weighted by Crippen LogP contribution is -2.24. The zero-order valence-corrected chi connectivity index (χ0v) is 23.3. The van der Waals surface area contributed by atoms with E-state index in [1.54, 1.807) is 35.5 Å². The van der Waals surface area contributed by atoms with Gasteiger partial charge in [-0.1, -0.05) is 32.0 Å². The number of likely N-dealkylation sites (N-methyl/N-ethyl adjacent to an activating group) is 1. The maximum atomic E-state index is 13.5. The van der Waals surface area contributed by atoms with E-state index in [2.05, 4.69) is 55.3 Å². The monoisotopic (exact) mass is 517 g/mol. The van der Waals surface area contributed by atoms with Gasteiger partial charge >= 0.3 is 0 Å². The van der Waals surface area contributed by atoms with E-state index in [4.69, 9.17) is 9.97 Å². The number of pyridine rings is 1. The number of nitrogens with zero attached hydrogens (tertiary/aromatic N) is 6. The Kier molecular flexibility index (Phi) is 8.28. The van der Waals surface area contributed by atoms with Gasteiger partial charge in [-0.15, -0.1) is 0 Å². The molecule has 0 spiro atoms. The molecule has 202 valence electrons. The van der Waals surface area contributed by atoms with E-state index in [0.717, 1.165) is 31.5 Å². The van der Waals surface area contributed by atoms with Crippen molar-refractivity contribution < 1.29 is 5.11 Å². The van der Waals surface area contributed by atoms with Gasteiger partial charge < -0.3 is 15.3 Å². The minimum atomic E-state index is -1.12. The fraction of sp³-hybridized carbons (Fsp3) is 0.448. The van der Waals surface area contributed by atoms with Gasteiger partial charge in [0.1, 0.15) is 11.0 Å². The van der Waals surface area contributed by atoms with Crippen LogP contribution in [0.15, 0.2) is 53.5 Å². The molecule has 0 saturated carbocycles. The molecule has 9 heteroatoms. The number of benzene rings is 1. The van der Waals surface area contributed by atoms with E-state index in [9.17, 15) is 9.90 Å². The second kappa shape index (κ2) is 11.4. The Morgan fingerprint density at radius 2 is 1.82 bits per heavy atom. The second-order valence-corrected chi connectivity index (χ2v) is 11.0. The molecule has 0 atom stereocenters. The molecule has 0 fully saturated rings. The van der Waals surface area contributed by atoms with Crippen LogP contribution in [0.25, 0.3) is 16.9 Å². The zero-order chi connectivity index (χ0) is 27.4. The highest BCUT2D eigenvalue weighted by Crippen LogP contribution is 2.22. The van der Waals surface area contributed by atoms with Crippen LogP contribution in [0, 0.1) is 5.92 Å². The lowest BCUT2D eigenvalue weighted by molar-refractivity contribution is 0.0738. The normalized spacial score (nSPS) is 12.1. The number of nitrogens with one attached hydrogen (secondary N) is 1.